The molecular weight excluding hydrogens is 280 g/mol. The summed E-state index contributed by atoms with van der Waals surface area (Å²) in [6.07, 6.45) is 0.644. The van der Waals surface area contributed by atoms with Crippen molar-refractivity contribution < 1.29 is 9.72 Å². The third-order valence-corrected chi connectivity index (χ3v) is 5.21. The summed E-state index contributed by atoms with van der Waals surface area (Å²) < 4.78 is 0. The van der Waals surface area contributed by atoms with Gasteiger partial charge < -0.3 is 5.32 Å². The van der Waals surface area contributed by atoms with E-state index in [4.69, 9.17) is 0 Å². The smallest absolute Gasteiger partial charge is 0.269 e. The van der Waals surface area contributed by atoms with E-state index in [9.17, 15) is 14.9 Å². The monoisotopic (exact) mass is 300 g/mol. The lowest BCUT2D eigenvalue weighted by Crippen LogP contribution is -2.12. The lowest BCUT2D eigenvalue weighted by Gasteiger charge is -2.15. The number of allylic oxidation sites excluding steroid dienone is 2. The second-order valence-electron chi connectivity index (χ2n) is 6.95. The Morgan fingerprint density at radius 3 is 2.64 bits per heavy atom. The van der Waals surface area contributed by atoms with Gasteiger partial charge >= 0.3 is 0 Å². The van der Waals surface area contributed by atoms with Gasteiger partial charge in [-0.2, -0.15) is 0 Å². The fraction of sp³-hybridized carbons (Fsp3) is 0.471. The normalized spacial score (nSPS) is 27.4. The van der Waals surface area contributed by atoms with Crippen LogP contribution in [-0.2, 0) is 4.79 Å². The number of non-ortho nitro benzene ring substituents is 1. The molecule has 5 heteroatoms. The van der Waals surface area contributed by atoms with E-state index in [2.05, 4.69) is 19.2 Å². The average Bonchev–Trinajstić information content (AvgIpc) is 2.80. The molecular formula is C17H20N2O3. The van der Waals surface area contributed by atoms with E-state index in [1.165, 1.54) is 6.07 Å². The van der Waals surface area contributed by atoms with Crippen molar-refractivity contribution in [1.29, 1.82) is 0 Å². The van der Waals surface area contributed by atoms with Gasteiger partial charge in [0.1, 0.15) is 0 Å². The highest BCUT2D eigenvalue weighted by molar-refractivity contribution is 6.01. The van der Waals surface area contributed by atoms with Gasteiger partial charge in [-0.05, 0) is 42.7 Å². The van der Waals surface area contributed by atoms with Crippen LogP contribution in [0.15, 0.2) is 29.5 Å². The molecule has 0 heterocycles. The summed E-state index contributed by atoms with van der Waals surface area (Å²) in [5, 5.41) is 14.1. The minimum Gasteiger partial charge on any atom is -0.359 e. The Balaban J connectivity index is 1.88. The lowest BCUT2D eigenvalue weighted by atomic mass is 9.95. The maximum Gasteiger partial charge on any atom is 0.269 e. The molecule has 2 aliphatic rings. The van der Waals surface area contributed by atoms with E-state index < -0.39 is 4.92 Å². The summed E-state index contributed by atoms with van der Waals surface area (Å²) in [5.41, 5.74) is 3.69. The van der Waals surface area contributed by atoms with E-state index in [1.54, 1.807) is 12.1 Å². The van der Waals surface area contributed by atoms with Crippen molar-refractivity contribution in [1.82, 2.24) is 0 Å². The van der Waals surface area contributed by atoms with Crippen LogP contribution >= 0.6 is 0 Å². The van der Waals surface area contributed by atoms with Crippen molar-refractivity contribution in [2.75, 3.05) is 5.32 Å². The van der Waals surface area contributed by atoms with E-state index in [0.717, 1.165) is 22.5 Å². The van der Waals surface area contributed by atoms with Gasteiger partial charge in [-0.25, -0.2) is 0 Å². The van der Waals surface area contributed by atoms with Crippen LogP contribution in [0.4, 0.5) is 11.4 Å². The quantitative estimate of drug-likeness (QED) is 0.523. The van der Waals surface area contributed by atoms with Crippen LogP contribution in [0, 0.1) is 34.3 Å². The molecule has 1 aromatic rings. The number of aryl methyl sites for hydroxylation is 1. The number of anilines is 1. The number of hydrogen-bond donors (Lipinski definition) is 1. The second-order valence-corrected chi connectivity index (χ2v) is 6.95. The van der Waals surface area contributed by atoms with Gasteiger partial charge in [0, 0.05) is 35.5 Å². The number of ketones is 1. The first-order valence-corrected chi connectivity index (χ1v) is 7.49. The van der Waals surface area contributed by atoms with Gasteiger partial charge in [-0.15, -0.1) is 0 Å². The molecule has 2 aliphatic carbocycles. The van der Waals surface area contributed by atoms with Crippen molar-refractivity contribution in [3.8, 4) is 0 Å². The van der Waals surface area contributed by atoms with Crippen molar-refractivity contribution in [3.63, 3.8) is 0 Å². The van der Waals surface area contributed by atoms with Crippen LogP contribution in [0.5, 0.6) is 0 Å². The molecule has 2 atom stereocenters. The van der Waals surface area contributed by atoms with Crippen molar-refractivity contribution in [2.24, 2.45) is 17.3 Å². The molecule has 0 unspecified atom stereocenters. The molecule has 0 radical (unpaired) electrons. The Morgan fingerprint density at radius 2 is 2.09 bits per heavy atom. The molecule has 2 saturated carbocycles. The van der Waals surface area contributed by atoms with Gasteiger partial charge in [-0.1, -0.05) is 13.8 Å². The second kappa shape index (κ2) is 4.66. The molecule has 1 N–H and O–H groups in total. The Labute approximate surface area is 129 Å². The molecule has 0 saturated heterocycles. The predicted molar refractivity (Wildman–Crippen MR) is 84.5 cm³/mol. The zero-order valence-electron chi connectivity index (χ0n) is 13.3. The molecule has 3 rings (SSSR count). The van der Waals surface area contributed by atoms with Gasteiger partial charge in [0.15, 0.2) is 5.78 Å². The number of nitrogens with one attached hydrogen (secondary N) is 1. The number of rotatable bonds is 3. The summed E-state index contributed by atoms with van der Waals surface area (Å²) in [7, 11) is 0. The van der Waals surface area contributed by atoms with Crippen LogP contribution in [0.3, 0.4) is 0 Å². The molecule has 2 fully saturated rings. The Kier molecular flexibility index (Phi) is 3.13. The highest BCUT2D eigenvalue weighted by atomic mass is 16.6. The van der Waals surface area contributed by atoms with Crippen LogP contribution < -0.4 is 5.32 Å². The predicted octanol–water partition coefficient (Wildman–Crippen LogP) is 3.83. The summed E-state index contributed by atoms with van der Waals surface area (Å²) in [6, 6.07) is 4.72. The molecule has 22 heavy (non-hydrogen) atoms. The Hall–Kier alpha value is -2.17. The number of nitrogens with zero attached hydrogens (tertiary/aromatic N) is 1. The number of carbonyl (C=O) groups is 1. The fourth-order valence-electron chi connectivity index (χ4n) is 3.79. The van der Waals surface area contributed by atoms with Crippen molar-refractivity contribution >= 4 is 17.2 Å². The van der Waals surface area contributed by atoms with Gasteiger partial charge in [0.25, 0.3) is 5.69 Å². The average molecular weight is 300 g/mol. The number of carbonyl (C=O) groups excluding carboxylic acids is 1. The number of benzene rings is 1. The minimum atomic E-state index is -0.403. The standard InChI is InChI=1S/C17H20N2O3/c1-9-7-11(19(21)22)5-6-13(9)18-10(2)15-14(20)8-12-16(15)17(12,3)4/h5-7,12,16,18H,8H2,1-4H3/b15-10+/t12-,16-/m1/s1. The Morgan fingerprint density at radius 1 is 1.41 bits per heavy atom. The molecule has 0 spiro atoms. The zero-order valence-corrected chi connectivity index (χ0v) is 13.3. The minimum absolute atomic E-state index is 0.0775. The molecule has 0 bridgehead atoms. The maximum absolute atomic E-state index is 12.2. The SMILES string of the molecule is C/C(Nc1ccc([N+](=O)[O-])cc1C)=C1/C(=O)C[C@@H]2[C@H]1C2(C)C. The van der Waals surface area contributed by atoms with Crippen molar-refractivity contribution in [3.05, 3.63) is 45.1 Å². The van der Waals surface area contributed by atoms with Crippen LogP contribution in [-0.4, -0.2) is 10.7 Å². The first kappa shape index (κ1) is 14.8. The first-order valence-electron chi connectivity index (χ1n) is 7.49. The first-order chi connectivity index (χ1) is 10.2. The number of nitro groups is 1. The van der Waals surface area contributed by atoms with E-state index in [-0.39, 0.29) is 16.9 Å². The van der Waals surface area contributed by atoms with E-state index >= 15 is 0 Å². The summed E-state index contributed by atoms with van der Waals surface area (Å²) >= 11 is 0. The lowest BCUT2D eigenvalue weighted by molar-refractivity contribution is -0.384. The number of hydrogen-bond acceptors (Lipinski definition) is 4. The van der Waals surface area contributed by atoms with Crippen LogP contribution in [0.1, 0.15) is 32.8 Å². The molecule has 5 nitrogen and oxygen atoms in total. The van der Waals surface area contributed by atoms with E-state index in [1.807, 2.05) is 13.8 Å². The maximum atomic E-state index is 12.2. The van der Waals surface area contributed by atoms with Gasteiger partial charge in [-0.3, -0.25) is 14.9 Å². The summed E-state index contributed by atoms with van der Waals surface area (Å²) in [4.78, 5) is 22.6. The van der Waals surface area contributed by atoms with Crippen LogP contribution in [0.2, 0.25) is 0 Å². The molecule has 0 aromatic heterocycles. The Bertz CT molecular complexity index is 719. The summed E-state index contributed by atoms with van der Waals surface area (Å²) in [6.45, 7) is 8.16. The topological polar surface area (TPSA) is 72.2 Å². The van der Waals surface area contributed by atoms with Gasteiger partial charge in [0.2, 0.25) is 0 Å². The highest BCUT2D eigenvalue weighted by Crippen LogP contribution is 2.68. The molecule has 0 aliphatic heterocycles. The number of fused-ring (bicyclic) bond motifs is 1. The fourth-order valence-corrected chi connectivity index (χ4v) is 3.79. The highest BCUT2D eigenvalue weighted by Gasteiger charge is 2.65. The van der Waals surface area contributed by atoms with Crippen molar-refractivity contribution in [2.45, 2.75) is 34.1 Å². The van der Waals surface area contributed by atoms with Crippen LogP contribution in [0.25, 0.3) is 0 Å². The third-order valence-electron chi connectivity index (χ3n) is 5.21. The van der Waals surface area contributed by atoms with E-state index in [0.29, 0.717) is 18.3 Å². The molecule has 116 valence electrons. The van der Waals surface area contributed by atoms with Gasteiger partial charge in [0.05, 0.1) is 4.92 Å². The molecule has 1 aromatic carbocycles. The number of Topliss-reactive ketones (excluding diaryl/α,β-unsaturated/α-hetero) is 1. The summed E-state index contributed by atoms with van der Waals surface area (Å²) in [5.74, 6) is 1.06. The largest absolute Gasteiger partial charge is 0.359 e. The number of nitro benzene ring substituents is 1. The third kappa shape index (κ3) is 2.12. The zero-order chi connectivity index (χ0) is 16.2. The molecule has 0 amide bonds.